The molecule has 2 aliphatic rings. The minimum absolute atomic E-state index is 0.0330. The minimum Gasteiger partial charge on any atom is -0.482 e. The molecule has 0 aromatic heterocycles. The van der Waals surface area contributed by atoms with Gasteiger partial charge in [-0.25, -0.2) is 21.6 Å². The molecule has 0 radical (unpaired) electrons. The van der Waals surface area contributed by atoms with Gasteiger partial charge in [0.2, 0.25) is 20.0 Å². The summed E-state index contributed by atoms with van der Waals surface area (Å²) < 4.78 is 60.2. The molecule has 0 saturated carbocycles. The van der Waals surface area contributed by atoms with Crippen LogP contribution in [0.3, 0.4) is 0 Å². The van der Waals surface area contributed by atoms with E-state index in [0.29, 0.717) is 30.1 Å². The molecule has 9 nitrogen and oxygen atoms in total. The van der Waals surface area contributed by atoms with E-state index in [0.717, 1.165) is 12.8 Å². The summed E-state index contributed by atoms with van der Waals surface area (Å²) in [4.78, 5) is 11.6. The van der Waals surface area contributed by atoms with Gasteiger partial charge in [0.1, 0.15) is 5.75 Å². The highest BCUT2D eigenvalue weighted by Gasteiger charge is 2.28. The summed E-state index contributed by atoms with van der Waals surface area (Å²) in [6.07, 6.45) is 1.65. The highest BCUT2D eigenvalue weighted by Crippen LogP contribution is 2.31. The van der Waals surface area contributed by atoms with Gasteiger partial charge in [-0.3, -0.25) is 4.79 Å². The van der Waals surface area contributed by atoms with Gasteiger partial charge in [-0.1, -0.05) is 6.07 Å². The van der Waals surface area contributed by atoms with Crippen LogP contribution in [0.2, 0.25) is 0 Å². The highest BCUT2D eigenvalue weighted by molar-refractivity contribution is 7.89. The van der Waals surface area contributed by atoms with Crippen molar-refractivity contribution in [3.8, 4) is 5.75 Å². The third-order valence-electron chi connectivity index (χ3n) is 5.31. The SMILES string of the molecule is CC(NS(=O)(=O)c1ccc(S(=O)(=O)N2CCCC2)cc1)c1ccc2c(c1)NC(=O)CO2. The molecule has 0 aliphatic carbocycles. The average Bonchev–Trinajstić information content (AvgIpc) is 3.29. The van der Waals surface area contributed by atoms with E-state index in [1.165, 1.54) is 28.6 Å². The van der Waals surface area contributed by atoms with Crippen LogP contribution in [0.15, 0.2) is 52.3 Å². The molecular formula is C20H23N3O6S2. The Bertz CT molecular complexity index is 1200. The number of ether oxygens (including phenoxy) is 1. The van der Waals surface area contributed by atoms with Gasteiger partial charge in [0.15, 0.2) is 6.61 Å². The zero-order chi connectivity index (χ0) is 22.2. The number of fused-ring (bicyclic) bond motifs is 1. The Balaban J connectivity index is 1.51. The van der Waals surface area contributed by atoms with Gasteiger partial charge in [0.25, 0.3) is 5.91 Å². The Kier molecular flexibility index (Phi) is 5.77. The van der Waals surface area contributed by atoms with Gasteiger partial charge in [0.05, 0.1) is 15.5 Å². The molecule has 11 heteroatoms. The number of nitrogens with zero attached hydrogens (tertiary/aromatic N) is 1. The molecule has 2 aliphatic heterocycles. The maximum Gasteiger partial charge on any atom is 0.262 e. The van der Waals surface area contributed by atoms with Crippen LogP contribution in [0.5, 0.6) is 5.75 Å². The van der Waals surface area contributed by atoms with Gasteiger partial charge in [-0.2, -0.15) is 4.31 Å². The molecule has 31 heavy (non-hydrogen) atoms. The second-order valence-electron chi connectivity index (χ2n) is 7.52. The maximum atomic E-state index is 12.8. The molecule has 1 amide bonds. The Labute approximate surface area is 181 Å². The van der Waals surface area contributed by atoms with Gasteiger partial charge in [0, 0.05) is 19.1 Å². The van der Waals surface area contributed by atoms with Gasteiger partial charge in [-0.05, 0) is 61.7 Å². The fourth-order valence-corrected chi connectivity index (χ4v) is 6.36. The lowest BCUT2D eigenvalue weighted by molar-refractivity contribution is -0.118. The quantitative estimate of drug-likeness (QED) is 0.671. The van der Waals surface area contributed by atoms with Crippen LogP contribution in [0, 0.1) is 0 Å². The predicted octanol–water partition coefficient (Wildman–Crippen LogP) is 1.84. The summed E-state index contributed by atoms with van der Waals surface area (Å²) in [7, 11) is -7.51. The second-order valence-corrected chi connectivity index (χ2v) is 11.2. The normalized spacial score (nSPS) is 18.2. The first-order valence-corrected chi connectivity index (χ1v) is 12.8. The third kappa shape index (κ3) is 4.45. The van der Waals surface area contributed by atoms with Crippen LogP contribution in [0.25, 0.3) is 0 Å². The molecule has 1 fully saturated rings. The Morgan fingerprint density at radius 1 is 1.00 bits per heavy atom. The van der Waals surface area contributed by atoms with Crippen molar-refractivity contribution in [2.24, 2.45) is 0 Å². The molecule has 166 valence electrons. The number of nitrogens with one attached hydrogen (secondary N) is 2. The van der Waals surface area contributed by atoms with Crippen LogP contribution in [-0.4, -0.2) is 46.7 Å². The van der Waals surface area contributed by atoms with Crippen molar-refractivity contribution in [2.45, 2.75) is 35.6 Å². The van der Waals surface area contributed by atoms with Crippen LogP contribution in [-0.2, 0) is 24.8 Å². The lowest BCUT2D eigenvalue weighted by Crippen LogP contribution is -2.29. The Morgan fingerprint density at radius 2 is 1.65 bits per heavy atom. The van der Waals surface area contributed by atoms with Crippen LogP contribution >= 0.6 is 0 Å². The fourth-order valence-electron chi connectivity index (χ4n) is 3.61. The Hall–Kier alpha value is -2.47. The fraction of sp³-hybridized carbons (Fsp3) is 0.350. The van der Waals surface area contributed by atoms with Gasteiger partial charge >= 0.3 is 0 Å². The van der Waals surface area contributed by atoms with E-state index in [-0.39, 0.29) is 22.3 Å². The number of anilines is 1. The van der Waals surface area contributed by atoms with Crippen molar-refractivity contribution >= 4 is 31.6 Å². The topological polar surface area (TPSA) is 122 Å². The van der Waals surface area contributed by atoms with E-state index >= 15 is 0 Å². The highest BCUT2D eigenvalue weighted by atomic mass is 32.2. The summed E-state index contributed by atoms with van der Waals surface area (Å²) >= 11 is 0. The summed E-state index contributed by atoms with van der Waals surface area (Å²) in [5.74, 6) is 0.245. The van der Waals surface area contributed by atoms with Crippen LogP contribution in [0.4, 0.5) is 5.69 Å². The van der Waals surface area contributed by atoms with Crippen molar-refractivity contribution in [2.75, 3.05) is 25.0 Å². The van der Waals surface area contributed by atoms with E-state index in [9.17, 15) is 21.6 Å². The van der Waals surface area contributed by atoms with E-state index in [2.05, 4.69) is 10.0 Å². The van der Waals surface area contributed by atoms with Crippen molar-refractivity contribution in [3.05, 3.63) is 48.0 Å². The number of amides is 1. The van der Waals surface area contributed by atoms with Gasteiger partial charge < -0.3 is 10.1 Å². The van der Waals surface area contributed by atoms with Crippen molar-refractivity contribution in [1.82, 2.24) is 9.03 Å². The molecule has 2 N–H and O–H groups in total. The molecule has 2 heterocycles. The maximum absolute atomic E-state index is 12.8. The molecule has 2 aromatic rings. The molecule has 0 spiro atoms. The van der Waals surface area contributed by atoms with Crippen molar-refractivity contribution in [1.29, 1.82) is 0 Å². The van der Waals surface area contributed by atoms with E-state index < -0.39 is 26.1 Å². The lowest BCUT2D eigenvalue weighted by Gasteiger charge is -2.21. The summed E-state index contributed by atoms with van der Waals surface area (Å²) in [5, 5.41) is 2.69. The zero-order valence-electron chi connectivity index (χ0n) is 16.9. The molecular weight excluding hydrogens is 442 g/mol. The predicted molar refractivity (Wildman–Crippen MR) is 114 cm³/mol. The number of carbonyl (C=O) groups is 1. The van der Waals surface area contributed by atoms with Gasteiger partial charge in [-0.15, -0.1) is 0 Å². The Morgan fingerprint density at radius 3 is 2.32 bits per heavy atom. The van der Waals surface area contributed by atoms with E-state index in [1.54, 1.807) is 25.1 Å². The first-order valence-electron chi connectivity index (χ1n) is 9.86. The number of hydrogen-bond acceptors (Lipinski definition) is 6. The summed E-state index contributed by atoms with van der Waals surface area (Å²) in [5.41, 5.74) is 1.12. The first-order chi connectivity index (χ1) is 14.7. The zero-order valence-corrected chi connectivity index (χ0v) is 18.5. The standard InChI is InChI=1S/C20H23N3O6S2/c1-14(15-4-9-19-18(12-15)21-20(24)13-29-19)22-30(25,26)16-5-7-17(8-6-16)31(27,28)23-10-2-3-11-23/h4-9,12,14,22H,2-3,10-11,13H2,1H3,(H,21,24). The van der Waals surface area contributed by atoms with E-state index in [1.807, 2.05) is 0 Å². The molecule has 1 atom stereocenters. The first kappa shape index (κ1) is 21.8. The molecule has 1 saturated heterocycles. The van der Waals surface area contributed by atoms with E-state index in [4.69, 9.17) is 4.74 Å². The lowest BCUT2D eigenvalue weighted by atomic mass is 10.1. The largest absolute Gasteiger partial charge is 0.482 e. The number of rotatable bonds is 6. The number of hydrogen-bond donors (Lipinski definition) is 2. The summed E-state index contributed by atoms with van der Waals surface area (Å²) in [6, 6.07) is 9.67. The summed E-state index contributed by atoms with van der Waals surface area (Å²) in [6.45, 7) is 2.58. The number of benzene rings is 2. The number of sulfonamides is 2. The number of carbonyl (C=O) groups excluding carboxylic acids is 1. The molecule has 0 bridgehead atoms. The van der Waals surface area contributed by atoms with Crippen molar-refractivity contribution < 1.29 is 26.4 Å². The van der Waals surface area contributed by atoms with Crippen LogP contribution < -0.4 is 14.8 Å². The minimum atomic E-state index is -3.90. The monoisotopic (exact) mass is 465 g/mol. The van der Waals surface area contributed by atoms with Crippen LogP contribution in [0.1, 0.15) is 31.4 Å². The smallest absolute Gasteiger partial charge is 0.262 e. The second kappa shape index (κ2) is 8.23. The van der Waals surface area contributed by atoms with Crippen molar-refractivity contribution in [3.63, 3.8) is 0 Å². The molecule has 1 unspecified atom stereocenters. The third-order valence-corrected chi connectivity index (χ3v) is 8.77. The molecule has 4 rings (SSSR count). The molecule has 2 aromatic carbocycles. The average molecular weight is 466 g/mol.